The van der Waals surface area contributed by atoms with E-state index in [0.717, 1.165) is 16.7 Å². The molecule has 0 aliphatic carbocycles. The smallest absolute Gasteiger partial charge is 0.342 e. The van der Waals surface area contributed by atoms with Crippen molar-refractivity contribution in [2.45, 2.75) is 29.4 Å². The third-order valence-electron chi connectivity index (χ3n) is 4.18. The Morgan fingerprint density at radius 1 is 1.07 bits per heavy atom. The second-order valence-electron chi connectivity index (χ2n) is 6.10. The number of nitrogens with one attached hydrogen (secondary N) is 1. The molecule has 0 aliphatic heterocycles. The van der Waals surface area contributed by atoms with Crippen molar-refractivity contribution in [2.24, 2.45) is 0 Å². The Balaban J connectivity index is 1.89. The Morgan fingerprint density at radius 2 is 1.79 bits per heavy atom. The van der Waals surface area contributed by atoms with Crippen LogP contribution in [0.15, 0.2) is 64.8 Å². The number of aromatic carboxylic acids is 1. The molecule has 3 rings (SSSR count). The maximum Gasteiger partial charge on any atom is 0.342 e. The highest BCUT2D eigenvalue weighted by Gasteiger charge is 2.21. The Kier molecular flexibility index (Phi) is 6.95. The van der Waals surface area contributed by atoms with Gasteiger partial charge >= 0.3 is 5.97 Å². The van der Waals surface area contributed by atoms with Crippen molar-refractivity contribution < 1.29 is 9.90 Å². The van der Waals surface area contributed by atoms with Gasteiger partial charge in [-0.25, -0.2) is 14.8 Å². The molecule has 7 heteroatoms. The monoisotopic (exact) mass is 411 g/mol. The van der Waals surface area contributed by atoms with Gasteiger partial charge in [0.05, 0.1) is 0 Å². The summed E-state index contributed by atoms with van der Waals surface area (Å²) >= 11 is 2.81. The van der Waals surface area contributed by atoms with Crippen molar-refractivity contribution in [2.75, 3.05) is 11.6 Å². The number of rotatable bonds is 8. The predicted molar refractivity (Wildman–Crippen MR) is 115 cm³/mol. The van der Waals surface area contributed by atoms with E-state index in [-0.39, 0.29) is 5.56 Å². The maximum absolute atomic E-state index is 12.0. The predicted octanol–water partition coefficient (Wildman–Crippen LogP) is 5.11. The molecule has 28 heavy (non-hydrogen) atoms. The highest BCUT2D eigenvalue weighted by molar-refractivity contribution is 7.99. The summed E-state index contributed by atoms with van der Waals surface area (Å²) < 4.78 is 0. The molecule has 5 nitrogen and oxygen atoms in total. The normalized spacial score (nSPS) is 10.6. The van der Waals surface area contributed by atoms with Crippen LogP contribution in [-0.4, -0.2) is 27.3 Å². The molecule has 1 aromatic heterocycles. The van der Waals surface area contributed by atoms with Crippen molar-refractivity contribution in [1.82, 2.24) is 9.97 Å². The lowest BCUT2D eigenvalue weighted by Gasteiger charge is -2.14. The first-order chi connectivity index (χ1) is 13.6. The molecule has 2 N–H and O–H groups in total. The number of nitrogens with zero attached hydrogens (tertiary/aromatic N) is 2. The van der Waals surface area contributed by atoms with Crippen LogP contribution in [-0.2, 0) is 12.3 Å². The molecule has 0 amide bonds. The van der Waals surface area contributed by atoms with Gasteiger partial charge in [-0.2, -0.15) is 0 Å². The number of benzene rings is 2. The van der Waals surface area contributed by atoms with Crippen LogP contribution < -0.4 is 5.32 Å². The summed E-state index contributed by atoms with van der Waals surface area (Å²) in [6.45, 7) is 2.53. The first-order valence-electron chi connectivity index (χ1n) is 8.73. The summed E-state index contributed by atoms with van der Waals surface area (Å²) in [6.07, 6.45) is 1.88. The molecule has 0 atom stereocenters. The lowest BCUT2D eigenvalue weighted by molar-refractivity contribution is 0.0692. The van der Waals surface area contributed by atoms with E-state index in [9.17, 15) is 9.90 Å². The van der Waals surface area contributed by atoms with E-state index in [0.29, 0.717) is 28.3 Å². The highest BCUT2D eigenvalue weighted by atomic mass is 32.2. The first kappa shape index (κ1) is 20.2. The van der Waals surface area contributed by atoms with Gasteiger partial charge in [-0.1, -0.05) is 66.4 Å². The quantitative estimate of drug-likeness (QED) is 0.303. The van der Waals surface area contributed by atoms with Crippen LogP contribution in [0.25, 0.3) is 0 Å². The fourth-order valence-electron chi connectivity index (χ4n) is 2.65. The lowest BCUT2D eigenvalue weighted by Crippen LogP contribution is -2.12. The highest BCUT2D eigenvalue weighted by Crippen LogP contribution is 2.31. The largest absolute Gasteiger partial charge is 0.477 e. The number of aromatic nitrogens is 2. The molecule has 0 aliphatic rings. The van der Waals surface area contributed by atoms with Crippen molar-refractivity contribution in [1.29, 1.82) is 0 Å². The van der Waals surface area contributed by atoms with Crippen molar-refractivity contribution in [3.8, 4) is 0 Å². The molecule has 0 bridgehead atoms. The average molecular weight is 412 g/mol. The van der Waals surface area contributed by atoms with Crippen molar-refractivity contribution >= 4 is 35.3 Å². The summed E-state index contributed by atoms with van der Waals surface area (Å²) in [5.41, 5.74) is 3.47. The molecule has 144 valence electrons. The number of aryl methyl sites for hydroxylation is 1. The zero-order valence-corrected chi connectivity index (χ0v) is 17.3. The SMILES string of the molecule is CSc1nc(NCc2ccccc2C)c(C(=O)O)c(SCc2ccccc2)n1. The second-order valence-corrected chi connectivity index (χ2v) is 7.84. The van der Waals surface area contributed by atoms with E-state index in [1.54, 1.807) is 0 Å². The summed E-state index contributed by atoms with van der Waals surface area (Å²) in [5, 5.41) is 14.0. The fourth-order valence-corrected chi connectivity index (χ4v) is 4.05. The van der Waals surface area contributed by atoms with Crippen LogP contribution in [0.4, 0.5) is 5.82 Å². The van der Waals surface area contributed by atoms with Crippen molar-refractivity contribution in [3.63, 3.8) is 0 Å². The van der Waals surface area contributed by atoms with Crippen LogP contribution in [0.2, 0.25) is 0 Å². The van der Waals surface area contributed by atoms with Crippen LogP contribution in [0, 0.1) is 6.92 Å². The first-order valence-corrected chi connectivity index (χ1v) is 10.9. The van der Waals surface area contributed by atoms with Gasteiger partial charge in [0.25, 0.3) is 0 Å². The van der Waals surface area contributed by atoms with Gasteiger partial charge in [0.1, 0.15) is 16.4 Å². The van der Waals surface area contributed by atoms with Crippen molar-refractivity contribution in [3.05, 3.63) is 76.9 Å². The molecule has 0 unspecified atom stereocenters. The third-order valence-corrected chi connectivity index (χ3v) is 5.77. The van der Waals surface area contributed by atoms with E-state index in [1.165, 1.54) is 23.5 Å². The van der Waals surface area contributed by atoms with E-state index in [1.807, 2.05) is 67.8 Å². The van der Waals surface area contributed by atoms with Gasteiger partial charge in [-0.05, 0) is 29.9 Å². The van der Waals surface area contributed by atoms with Crippen LogP contribution in [0.3, 0.4) is 0 Å². The molecular formula is C21H21N3O2S2. The number of hydrogen-bond donors (Lipinski definition) is 2. The summed E-state index contributed by atoms with van der Waals surface area (Å²) in [6, 6.07) is 17.9. The van der Waals surface area contributed by atoms with Crippen LogP contribution in [0.1, 0.15) is 27.0 Å². The minimum atomic E-state index is -1.03. The number of carboxylic acid groups (broad SMARTS) is 1. The zero-order valence-electron chi connectivity index (χ0n) is 15.7. The maximum atomic E-state index is 12.0. The lowest BCUT2D eigenvalue weighted by atomic mass is 10.1. The average Bonchev–Trinajstić information content (AvgIpc) is 2.71. The third kappa shape index (κ3) is 5.05. The standard InChI is InChI=1S/C21H21N3O2S2/c1-14-8-6-7-11-16(14)12-22-18-17(20(25)26)19(24-21(23-18)27-2)28-13-15-9-4-3-5-10-15/h3-11H,12-13H2,1-2H3,(H,25,26)(H,22,23,24). The van der Waals surface area contributed by atoms with Gasteiger partial charge in [-0.3, -0.25) is 0 Å². The molecule has 0 fully saturated rings. The Labute approximate surface area is 173 Å². The van der Waals surface area contributed by atoms with Gasteiger partial charge < -0.3 is 10.4 Å². The second kappa shape index (κ2) is 9.61. The minimum Gasteiger partial charge on any atom is -0.477 e. The molecule has 0 radical (unpaired) electrons. The fraction of sp³-hybridized carbons (Fsp3) is 0.190. The van der Waals surface area contributed by atoms with Gasteiger partial charge in [0, 0.05) is 12.3 Å². The Morgan fingerprint density at radius 3 is 2.46 bits per heavy atom. The van der Waals surface area contributed by atoms with E-state index >= 15 is 0 Å². The molecule has 1 heterocycles. The number of hydrogen-bond acceptors (Lipinski definition) is 6. The number of carbonyl (C=O) groups is 1. The number of anilines is 1. The summed E-state index contributed by atoms with van der Waals surface area (Å²) in [7, 11) is 0. The molecule has 0 spiro atoms. The van der Waals surface area contributed by atoms with Crippen LogP contribution in [0.5, 0.6) is 0 Å². The van der Waals surface area contributed by atoms with Gasteiger partial charge in [0.15, 0.2) is 5.16 Å². The number of thioether (sulfide) groups is 2. The van der Waals surface area contributed by atoms with Gasteiger partial charge in [-0.15, -0.1) is 11.8 Å². The minimum absolute atomic E-state index is 0.118. The molecule has 3 aromatic rings. The van der Waals surface area contributed by atoms with E-state index in [4.69, 9.17) is 0 Å². The Hall–Kier alpha value is -2.51. The Bertz CT molecular complexity index is 965. The summed E-state index contributed by atoms with van der Waals surface area (Å²) in [5.74, 6) is -0.0374. The van der Waals surface area contributed by atoms with E-state index < -0.39 is 5.97 Å². The molecule has 0 saturated heterocycles. The van der Waals surface area contributed by atoms with Crippen LogP contribution >= 0.6 is 23.5 Å². The molecule has 2 aromatic carbocycles. The zero-order chi connectivity index (χ0) is 19.9. The van der Waals surface area contributed by atoms with Gasteiger partial charge in [0.2, 0.25) is 0 Å². The molecular weight excluding hydrogens is 390 g/mol. The van der Waals surface area contributed by atoms with E-state index in [2.05, 4.69) is 15.3 Å². The number of carboxylic acids is 1. The molecule has 0 saturated carbocycles. The summed E-state index contributed by atoms with van der Waals surface area (Å²) in [4.78, 5) is 20.9. The topological polar surface area (TPSA) is 75.1 Å².